The molecule has 0 saturated carbocycles. The Kier molecular flexibility index (Phi) is 9.92. The Morgan fingerprint density at radius 1 is 0.939 bits per heavy atom. The Morgan fingerprint density at radius 2 is 1.71 bits per heavy atom. The van der Waals surface area contributed by atoms with Gasteiger partial charge in [0.25, 0.3) is 11.5 Å². The number of rotatable bonds is 11. The van der Waals surface area contributed by atoms with Gasteiger partial charge in [0.1, 0.15) is 11.6 Å². The predicted octanol–water partition coefficient (Wildman–Crippen LogP) is 3.82. The minimum absolute atomic E-state index is 0.00810. The van der Waals surface area contributed by atoms with Crippen LogP contribution in [0.15, 0.2) is 76.4 Å². The van der Waals surface area contributed by atoms with Crippen LogP contribution in [-0.4, -0.2) is 88.9 Å². The molecular weight excluding hydrogens is 640 g/mol. The maximum absolute atomic E-state index is 15.3. The number of fused-ring (bicyclic) bond motifs is 1. The predicted molar refractivity (Wildman–Crippen MR) is 177 cm³/mol. The first-order valence-corrected chi connectivity index (χ1v) is 15.5. The van der Waals surface area contributed by atoms with Crippen LogP contribution in [0.5, 0.6) is 23.0 Å². The number of hydrogen-bond acceptors (Lipinski definition) is 10. The number of anilines is 1. The first kappa shape index (κ1) is 33.2. The number of nitrogens with zero attached hydrogens (tertiary/aromatic N) is 5. The number of halogens is 2. The molecule has 2 aromatic heterocycles. The second-order valence-corrected chi connectivity index (χ2v) is 11.4. The first-order chi connectivity index (χ1) is 23.7. The van der Waals surface area contributed by atoms with Crippen molar-refractivity contribution in [3.63, 3.8) is 0 Å². The van der Waals surface area contributed by atoms with E-state index in [4.69, 9.17) is 14.2 Å². The molecule has 3 aromatic carbocycles. The van der Waals surface area contributed by atoms with Crippen molar-refractivity contribution in [2.24, 2.45) is 0 Å². The van der Waals surface area contributed by atoms with Gasteiger partial charge in [0.15, 0.2) is 23.1 Å². The number of H-pyrrole nitrogens is 1. The van der Waals surface area contributed by atoms with E-state index in [-0.39, 0.29) is 17.1 Å². The molecule has 1 fully saturated rings. The zero-order valence-corrected chi connectivity index (χ0v) is 26.7. The molecule has 0 unspecified atom stereocenters. The fourth-order valence-electron chi connectivity index (χ4n) is 5.31. The summed E-state index contributed by atoms with van der Waals surface area (Å²) in [4.78, 5) is 48.7. The maximum atomic E-state index is 15.3. The van der Waals surface area contributed by atoms with Crippen molar-refractivity contribution in [2.75, 3.05) is 58.8 Å². The van der Waals surface area contributed by atoms with Crippen LogP contribution in [0.3, 0.4) is 0 Å². The van der Waals surface area contributed by atoms with Gasteiger partial charge < -0.3 is 29.3 Å². The highest BCUT2D eigenvalue weighted by atomic mass is 19.1. The average molecular weight is 674 g/mol. The third-order valence-electron chi connectivity index (χ3n) is 7.98. The first-order valence-electron chi connectivity index (χ1n) is 15.5. The summed E-state index contributed by atoms with van der Waals surface area (Å²) >= 11 is 0. The lowest BCUT2D eigenvalue weighted by Crippen LogP contribution is -2.44. The molecule has 2 N–H and O–H groups in total. The molecule has 13 nitrogen and oxygen atoms in total. The number of pyridine rings is 1. The van der Waals surface area contributed by atoms with Crippen LogP contribution in [0.25, 0.3) is 16.6 Å². The number of hydrogen-bond donors (Lipinski definition) is 2. The molecule has 0 bridgehead atoms. The van der Waals surface area contributed by atoms with Gasteiger partial charge >= 0.3 is 5.69 Å². The quantitative estimate of drug-likeness (QED) is 0.199. The molecule has 15 heteroatoms. The minimum Gasteiger partial charge on any atom is -0.493 e. The van der Waals surface area contributed by atoms with Crippen LogP contribution in [0.1, 0.15) is 16.9 Å². The molecular formula is C34H33F2N7O6. The summed E-state index contributed by atoms with van der Waals surface area (Å²) in [5, 5.41) is 6.79. The Bertz CT molecular complexity index is 2100. The molecule has 1 aliphatic rings. The summed E-state index contributed by atoms with van der Waals surface area (Å²) in [7, 11) is 3.66. The molecule has 1 aliphatic heterocycles. The summed E-state index contributed by atoms with van der Waals surface area (Å²) in [6.45, 7) is 5.63. The number of likely N-dealkylation sites (N-methyl/N-ethyl adjacent to an activating group) is 1. The van der Waals surface area contributed by atoms with Crippen molar-refractivity contribution in [2.45, 2.75) is 6.42 Å². The van der Waals surface area contributed by atoms with Crippen molar-refractivity contribution < 1.29 is 27.8 Å². The van der Waals surface area contributed by atoms with Crippen LogP contribution in [0.2, 0.25) is 0 Å². The summed E-state index contributed by atoms with van der Waals surface area (Å²) in [5.41, 5.74) is -1.99. The number of carbonyl (C=O) groups excluding carboxylic acids is 1. The number of piperazine rings is 1. The normalized spacial score (nSPS) is 13.7. The third-order valence-corrected chi connectivity index (χ3v) is 7.98. The summed E-state index contributed by atoms with van der Waals surface area (Å²) in [5.74, 6) is -1.20. The third kappa shape index (κ3) is 7.74. The van der Waals surface area contributed by atoms with E-state index >= 15 is 4.39 Å². The lowest BCUT2D eigenvalue weighted by Gasteiger charge is -2.32. The molecule has 254 valence electrons. The van der Waals surface area contributed by atoms with Crippen molar-refractivity contribution >= 4 is 22.5 Å². The van der Waals surface area contributed by atoms with Crippen molar-refractivity contribution in [3.8, 4) is 28.7 Å². The Hall–Kier alpha value is -5.67. The zero-order valence-electron chi connectivity index (χ0n) is 26.7. The number of aromatic nitrogens is 4. The summed E-state index contributed by atoms with van der Waals surface area (Å²) < 4.78 is 46.9. The number of amides is 1. The van der Waals surface area contributed by atoms with Gasteiger partial charge in [0.2, 0.25) is 5.69 Å². The van der Waals surface area contributed by atoms with E-state index in [1.54, 1.807) is 18.2 Å². The Morgan fingerprint density at radius 3 is 2.45 bits per heavy atom. The Labute approximate surface area is 278 Å². The lowest BCUT2D eigenvalue weighted by molar-refractivity contribution is 0.101. The monoisotopic (exact) mass is 673 g/mol. The largest absolute Gasteiger partial charge is 0.493 e. The summed E-state index contributed by atoms with van der Waals surface area (Å²) in [6, 6.07) is 13.4. The highest BCUT2D eigenvalue weighted by Gasteiger charge is 2.19. The van der Waals surface area contributed by atoms with Gasteiger partial charge in [-0.3, -0.25) is 19.6 Å². The van der Waals surface area contributed by atoms with Crippen LogP contribution < -0.4 is 30.8 Å². The molecule has 5 aromatic rings. The number of carbonyl (C=O) groups is 1. The number of nitrogens with one attached hydrogen (secondary N) is 2. The van der Waals surface area contributed by atoms with Gasteiger partial charge in [-0.05, 0) is 62.0 Å². The van der Waals surface area contributed by atoms with Gasteiger partial charge in [0.05, 0.1) is 24.9 Å². The molecule has 0 aliphatic carbocycles. The van der Waals surface area contributed by atoms with Crippen LogP contribution in [-0.2, 0) is 0 Å². The smallest absolute Gasteiger partial charge is 0.349 e. The van der Waals surface area contributed by atoms with E-state index in [2.05, 4.69) is 32.2 Å². The molecule has 6 rings (SSSR count). The van der Waals surface area contributed by atoms with Gasteiger partial charge in [-0.25, -0.2) is 13.6 Å². The van der Waals surface area contributed by atoms with Crippen molar-refractivity contribution in [1.29, 1.82) is 0 Å². The fraction of sp³-hybridized carbons (Fsp3) is 0.265. The molecule has 49 heavy (non-hydrogen) atoms. The second-order valence-electron chi connectivity index (χ2n) is 11.4. The topological polar surface area (TPSA) is 144 Å². The van der Waals surface area contributed by atoms with Crippen molar-refractivity contribution in [1.82, 2.24) is 29.5 Å². The van der Waals surface area contributed by atoms with Gasteiger partial charge in [-0.2, -0.15) is 9.78 Å². The van der Waals surface area contributed by atoms with E-state index in [0.717, 1.165) is 62.0 Å². The van der Waals surface area contributed by atoms with E-state index in [9.17, 15) is 18.8 Å². The van der Waals surface area contributed by atoms with E-state index < -0.39 is 34.5 Å². The SMILES string of the molecule is COc1cc2c(Oc3ccc(NC(=O)c4nn(-c5ccc(F)cc5)c(=O)[nH]c4=O)cc3F)ccnc2cc1OCCCN1CCN(C)CC1. The minimum atomic E-state index is -1.06. The standard InChI is InChI=1S/C34H33F2N7O6/c1-41-13-15-42(16-14-41)12-3-17-48-30-20-26-24(19-29(30)47-2)27(10-11-37-26)49-28-9-6-22(18-25(28)36)38-32(44)31-33(45)39-34(46)43(40-31)23-7-4-21(35)5-8-23/h4-11,18-20H,3,12-17H2,1-2H3,(H,38,44)(H,39,45,46). The number of methoxy groups -OCH3 is 1. The average Bonchev–Trinajstić information content (AvgIpc) is 3.09. The summed E-state index contributed by atoms with van der Waals surface area (Å²) in [6.07, 6.45) is 2.39. The van der Waals surface area contributed by atoms with Crippen LogP contribution >= 0.6 is 0 Å². The fourth-order valence-corrected chi connectivity index (χ4v) is 5.31. The molecule has 1 amide bonds. The molecule has 3 heterocycles. The van der Waals surface area contributed by atoms with Crippen LogP contribution in [0.4, 0.5) is 14.5 Å². The molecule has 0 radical (unpaired) electrons. The second kappa shape index (κ2) is 14.6. The Balaban J connectivity index is 1.14. The molecule has 1 saturated heterocycles. The number of aromatic amines is 1. The highest BCUT2D eigenvalue weighted by molar-refractivity contribution is 6.02. The van der Waals surface area contributed by atoms with Crippen molar-refractivity contribution in [3.05, 3.63) is 105 Å². The van der Waals surface area contributed by atoms with E-state index in [1.807, 2.05) is 4.98 Å². The molecule has 0 atom stereocenters. The van der Waals surface area contributed by atoms with E-state index in [0.29, 0.717) is 34.8 Å². The highest BCUT2D eigenvalue weighted by Crippen LogP contribution is 2.38. The van der Waals surface area contributed by atoms with Gasteiger partial charge in [-0.1, -0.05) is 0 Å². The van der Waals surface area contributed by atoms with Crippen LogP contribution in [0, 0.1) is 11.6 Å². The van der Waals surface area contributed by atoms with E-state index in [1.165, 1.54) is 37.6 Å². The van der Waals surface area contributed by atoms with Gasteiger partial charge in [-0.15, -0.1) is 0 Å². The lowest BCUT2D eigenvalue weighted by atomic mass is 10.1. The zero-order chi connectivity index (χ0) is 34.5. The maximum Gasteiger partial charge on any atom is 0.349 e. The number of benzene rings is 3. The number of ether oxygens (including phenoxy) is 3. The molecule has 0 spiro atoms. The van der Waals surface area contributed by atoms with Gasteiger partial charge in [0, 0.05) is 62.1 Å².